The normalized spacial score (nSPS) is 12.4. The first-order valence-corrected chi connectivity index (χ1v) is 5.70. The first-order valence-electron chi connectivity index (χ1n) is 4.72. The fraction of sp³-hybridized carbons (Fsp3) is 0.364. The Bertz CT molecular complexity index is 285. The van der Waals surface area contributed by atoms with Crippen LogP contribution < -0.4 is 5.73 Å². The second-order valence-electron chi connectivity index (χ2n) is 3.31. The summed E-state index contributed by atoms with van der Waals surface area (Å²) in [6.07, 6.45) is 1.06. The zero-order valence-corrected chi connectivity index (χ0v) is 9.18. The lowest BCUT2D eigenvalue weighted by molar-refractivity contribution is 0.742. The van der Waals surface area contributed by atoms with Crippen LogP contribution in [0.1, 0.15) is 24.8 Å². The zero-order valence-electron chi connectivity index (χ0n) is 8.36. The van der Waals surface area contributed by atoms with Crippen molar-refractivity contribution in [2.24, 2.45) is 5.73 Å². The molecule has 0 heterocycles. The predicted molar refractivity (Wildman–Crippen MR) is 63.8 cm³/mol. The van der Waals surface area contributed by atoms with Gasteiger partial charge in [-0.3, -0.25) is 5.41 Å². The van der Waals surface area contributed by atoms with E-state index in [4.69, 9.17) is 11.1 Å². The van der Waals surface area contributed by atoms with E-state index < -0.39 is 0 Å². The number of benzene rings is 1. The van der Waals surface area contributed by atoms with Crippen molar-refractivity contribution >= 4 is 16.9 Å². The Kier molecular flexibility index (Phi) is 4.53. The number of thioether (sulfide) groups is 1. The molecular weight excluding hydrogens is 192 g/mol. The van der Waals surface area contributed by atoms with Crippen LogP contribution in [0.3, 0.4) is 0 Å². The topological polar surface area (TPSA) is 49.9 Å². The molecule has 1 atom stereocenters. The van der Waals surface area contributed by atoms with Crippen LogP contribution in [0.25, 0.3) is 0 Å². The summed E-state index contributed by atoms with van der Waals surface area (Å²) in [6.45, 7) is 2.20. The molecule has 0 aromatic heterocycles. The van der Waals surface area contributed by atoms with E-state index in [0.29, 0.717) is 5.92 Å². The molecule has 3 N–H and O–H groups in total. The molecule has 14 heavy (non-hydrogen) atoms. The molecule has 1 aromatic carbocycles. The van der Waals surface area contributed by atoms with Crippen LogP contribution >= 0.6 is 11.8 Å². The maximum atomic E-state index is 7.08. The molecule has 0 saturated carbocycles. The maximum Gasteiger partial charge on any atom is 0.151 e. The van der Waals surface area contributed by atoms with Crippen LogP contribution in [0.15, 0.2) is 30.3 Å². The van der Waals surface area contributed by atoms with Crippen molar-refractivity contribution in [2.75, 3.05) is 5.75 Å². The third kappa shape index (κ3) is 3.83. The molecule has 76 valence electrons. The lowest BCUT2D eigenvalue weighted by atomic mass is 9.99. The number of nitrogens with two attached hydrogens (primary N) is 1. The third-order valence-electron chi connectivity index (χ3n) is 2.18. The summed E-state index contributed by atoms with van der Waals surface area (Å²) in [7, 11) is 0. The molecule has 1 unspecified atom stereocenters. The molecule has 1 aromatic rings. The number of hydrogen-bond donors (Lipinski definition) is 2. The minimum Gasteiger partial charge on any atom is -0.379 e. The molecule has 1 rings (SSSR count). The van der Waals surface area contributed by atoms with E-state index in [-0.39, 0.29) is 5.17 Å². The van der Waals surface area contributed by atoms with E-state index in [1.807, 2.05) is 6.07 Å². The highest BCUT2D eigenvalue weighted by molar-refractivity contribution is 8.13. The van der Waals surface area contributed by atoms with Crippen LogP contribution in [0.5, 0.6) is 0 Å². The van der Waals surface area contributed by atoms with Gasteiger partial charge in [0.1, 0.15) is 0 Å². The Hall–Kier alpha value is -0.960. The summed E-state index contributed by atoms with van der Waals surface area (Å²) in [5, 5.41) is 7.30. The molecule has 0 aliphatic carbocycles. The summed E-state index contributed by atoms with van der Waals surface area (Å²) in [6, 6.07) is 10.4. The minimum atomic E-state index is 0.213. The lowest BCUT2D eigenvalue weighted by Crippen LogP contribution is -2.05. The van der Waals surface area contributed by atoms with Gasteiger partial charge in [-0.25, -0.2) is 0 Å². The van der Waals surface area contributed by atoms with Gasteiger partial charge in [0.2, 0.25) is 0 Å². The number of hydrogen-bond acceptors (Lipinski definition) is 2. The van der Waals surface area contributed by atoms with E-state index in [0.717, 1.165) is 12.2 Å². The number of nitrogens with one attached hydrogen (secondary N) is 1. The fourth-order valence-corrected chi connectivity index (χ4v) is 1.99. The van der Waals surface area contributed by atoms with E-state index >= 15 is 0 Å². The molecule has 2 nitrogen and oxygen atoms in total. The molecule has 0 bridgehead atoms. The Balaban J connectivity index is 2.36. The Labute approximate surface area is 89.4 Å². The Morgan fingerprint density at radius 1 is 1.43 bits per heavy atom. The highest BCUT2D eigenvalue weighted by atomic mass is 32.2. The van der Waals surface area contributed by atoms with Gasteiger partial charge < -0.3 is 5.73 Å². The van der Waals surface area contributed by atoms with Crippen LogP contribution in [0, 0.1) is 5.41 Å². The van der Waals surface area contributed by atoms with Gasteiger partial charge in [-0.1, -0.05) is 49.0 Å². The summed E-state index contributed by atoms with van der Waals surface area (Å²) >= 11 is 1.42. The van der Waals surface area contributed by atoms with Crippen molar-refractivity contribution in [3.63, 3.8) is 0 Å². The maximum absolute atomic E-state index is 7.08. The largest absolute Gasteiger partial charge is 0.379 e. The van der Waals surface area contributed by atoms with Crippen LogP contribution in [0.2, 0.25) is 0 Å². The average molecular weight is 208 g/mol. The Morgan fingerprint density at radius 3 is 2.64 bits per heavy atom. The second-order valence-corrected chi connectivity index (χ2v) is 4.45. The SMILES string of the molecule is CC(CCSC(=N)N)c1ccccc1. The number of amidine groups is 1. The molecule has 0 fully saturated rings. The van der Waals surface area contributed by atoms with Crippen molar-refractivity contribution in [1.29, 1.82) is 5.41 Å². The van der Waals surface area contributed by atoms with Crippen molar-refractivity contribution in [3.8, 4) is 0 Å². The van der Waals surface area contributed by atoms with E-state index in [9.17, 15) is 0 Å². The summed E-state index contributed by atoms with van der Waals surface area (Å²) in [5.74, 6) is 1.47. The zero-order chi connectivity index (χ0) is 10.4. The molecular formula is C11H16N2S. The first kappa shape index (κ1) is 11.1. The van der Waals surface area contributed by atoms with Crippen molar-refractivity contribution < 1.29 is 0 Å². The quantitative estimate of drug-likeness (QED) is 0.590. The van der Waals surface area contributed by atoms with E-state index in [1.165, 1.54) is 17.3 Å². The summed E-state index contributed by atoms with van der Waals surface area (Å²) < 4.78 is 0. The van der Waals surface area contributed by atoms with Crippen LogP contribution in [-0.2, 0) is 0 Å². The van der Waals surface area contributed by atoms with Crippen molar-refractivity contribution in [1.82, 2.24) is 0 Å². The second kappa shape index (κ2) is 5.70. The van der Waals surface area contributed by atoms with Gasteiger partial charge in [0, 0.05) is 5.75 Å². The standard InChI is InChI=1S/C11H16N2S/c1-9(7-8-14-11(12)13)10-5-3-2-4-6-10/h2-6,9H,7-8H2,1H3,(H3,12,13). The minimum absolute atomic E-state index is 0.213. The fourth-order valence-electron chi connectivity index (χ4n) is 1.29. The third-order valence-corrected chi connectivity index (χ3v) is 2.93. The average Bonchev–Trinajstić information content (AvgIpc) is 2.18. The summed E-state index contributed by atoms with van der Waals surface area (Å²) in [5.41, 5.74) is 6.62. The van der Waals surface area contributed by atoms with Crippen LogP contribution in [-0.4, -0.2) is 10.9 Å². The molecule has 3 heteroatoms. The van der Waals surface area contributed by atoms with Gasteiger partial charge in [0.15, 0.2) is 5.17 Å². The molecule has 0 spiro atoms. The first-order chi connectivity index (χ1) is 6.70. The van der Waals surface area contributed by atoms with Crippen molar-refractivity contribution in [2.45, 2.75) is 19.3 Å². The molecule has 0 aliphatic heterocycles. The molecule has 0 amide bonds. The lowest BCUT2D eigenvalue weighted by Gasteiger charge is -2.10. The van der Waals surface area contributed by atoms with Gasteiger partial charge >= 0.3 is 0 Å². The van der Waals surface area contributed by atoms with Gasteiger partial charge in [-0.05, 0) is 17.9 Å². The number of rotatable bonds is 4. The summed E-state index contributed by atoms with van der Waals surface area (Å²) in [4.78, 5) is 0. The molecule has 0 saturated heterocycles. The van der Waals surface area contributed by atoms with Gasteiger partial charge in [-0.15, -0.1) is 0 Å². The van der Waals surface area contributed by atoms with Gasteiger partial charge in [-0.2, -0.15) is 0 Å². The predicted octanol–water partition coefficient (Wildman–Crippen LogP) is 2.81. The van der Waals surface area contributed by atoms with Crippen LogP contribution in [0.4, 0.5) is 0 Å². The van der Waals surface area contributed by atoms with Gasteiger partial charge in [0.05, 0.1) is 0 Å². The van der Waals surface area contributed by atoms with Gasteiger partial charge in [0.25, 0.3) is 0 Å². The van der Waals surface area contributed by atoms with E-state index in [1.54, 1.807) is 0 Å². The smallest absolute Gasteiger partial charge is 0.151 e. The highest BCUT2D eigenvalue weighted by Gasteiger charge is 2.04. The van der Waals surface area contributed by atoms with E-state index in [2.05, 4.69) is 31.2 Å². The highest BCUT2D eigenvalue weighted by Crippen LogP contribution is 2.20. The molecule has 0 radical (unpaired) electrons. The monoisotopic (exact) mass is 208 g/mol. The van der Waals surface area contributed by atoms with Crippen molar-refractivity contribution in [3.05, 3.63) is 35.9 Å². The Morgan fingerprint density at radius 2 is 2.07 bits per heavy atom. The molecule has 0 aliphatic rings.